The van der Waals surface area contributed by atoms with Crippen LogP contribution >= 0.6 is 11.3 Å². The number of benzene rings is 1. The molecule has 2 aromatic rings. The fourth-order valence-corrected chi connectivity index (χ4v) is 2.52. The van der Waals surface area contributed by atoms with Crippen LogP contribution in [0, 0.1) is 0 Å². The summed E-state index contributed by atoms with van der Waals surface area (Å²) in [4.78, 5) is 27.5. The van der Waals surface area contributed by atoms with Crippen LogP contribution in [0.2, 0.25) is 0 Å². The highest BCUT2D eigenvalue weighted by Gasteiger charge is 2.17. The van der Waals surface area contributed by atoms with Crippen molar-refractivity contribution in [3.05, 3.63) is 41.4 Å². The molecular weight excluding hydrogens is 302 g/mol. The van der Waals surface area contributed by atoms with Gasteiger partial charge in [0.05, 0.1) is 19.6 Å². The monoisotopic (exact) mass is 319 g/mol. The van der Waals surface area contributed by atoms with Gasteiger partial charge in [0.2, 0.25) is 11.8 Å². The van der Waals surface area contributed by atoms with Gasteiger partial charge in [-0.2, -0.15) is 0 Å². The van der Waals surface area contributed by atoms with Crippen molar-refractivity contribution in [2.24, 2.45) is 0 Å². The molecule has 116 valence electrons. The molecule has 6 nitrogen and oxygen atoms in total. The molecule has 0 aliphatic heterocycles. The van der Waals surface area contributed by atoms with E-state index >= 15 is 0 Å². The molecule has 2 rings (SSSR count). The summed E-state index contributed by atoms with van der Waals surface area (Å²) in [6.07, 6.45) is 1.75. The molecule has 2 amide bonds. The molecule has 0 radical (unpaired) electrons. The summed E-state index contributed by atoms with van der Waals surface area (Å²) >= 11 is 1.35. The molecule has 2 N–H and O–H groups in total. The summed E-state index contributed by atoms with van der Waals surface area (Å²) in [6, 6.07) is 6.85. The highest BCUT2D eigenvalue weighted by molar-refractivity contribution is 7.13. The smallest absolute Gasteiger partial charge is 0.228 e. The summed E-state index contributed by atoms with van der Waals surface area (Å²) in [5.74, 6) is 0.324. The maximum Gasteiger partial charge on any atom is 0.228 e. The predicted octanol–water partition coefficient (Wildman–Crippen LogP) is 2.36. The maximum absolute atomic E-state index is 12.1. The number of amides is 2. The van der Waals surface area contributed by atoms with E-state index in [4.69, 9.17) is 4.74 Å². The quantitative estimate of drug-likeness (QED) is 0.856. The molecular formula is C15H17N3O3S. The largest absolute Gasteiger partial charge is 0.497 e. The third-order valence-corrected chi connectivity index (χ3v) is 3.65. The molecule has 0 unspecified atom stereocenters. The van der Waals surface area contributed by atoms with Crippen LogP contribution in [0.4, 0.5) is 5.13 Å². The summed E-state index contributed by atoms with van der Waals surface area (Å²) in [6.45, 7) is 1.43. The zero-order chi connectivity index (χ0) is 15.9. The molecule has 1 aromatic carbocycles. The average molecular weight is 319 g/mol. The summed E-state index contributed by atoms with van der Waals surface area (Å²) < 4.78 is 5.11. The van der Waals surface area contributed by atoms with Crippen molar-refractivity contribution in [1.29, 1.82) is 0 Å². The van der Waals surface area contributed by atoms with Gasteiger partial charge in [0, 0.05) is 18.5 Å². The van der Waals surface area contributed by atoms with Crippen molar-refractivity contribution in [1.82, 2.24) is 10.3 Å². The summed E-state index contributed by atoms with van der Waals surface area (Å²) in [5, 5.41) is 7.82. The molecule has 0 aliphatic carbocycles. The number of hydrogen-bond donors (Lipinski definition) is 2. The molecule has 0 bridgehead atoms. The molecule has 1 atom stereocenters. The molecule has 0 aliphatic rings. The van der Waals surface area contributed by atoms with Crippen LogP contribution in [0.1, 0.15) is 24.9 Å². The van der Waals surface area contributed by atoms with Gasteiger partial charge in [-0.05, 0) is 17.7 Å². The average Bonchev–Trinajstić information content (AvgIpc) is 2.99. The van der Waals surface area contributed by atoms with Crippen LogP contribution in [0.5, 0.6) is 5.75 Å². The lowest BCUT2D eigenvalue weighted by Crippen LogP contribution is -2.29. The second kappa shape index (κ2) is 7.56. The Balaban J connectivity index is 2.07. The standard InChI is InChI=1S/C15H17N3O3S/c1-10(19)17-13(11-3-5-12(21-2)6-4-11)9-14(20)18-15-16-7-8-22-15/h3-8,13H,9H2,1-2H3,(H,17,19)(H,16,18,20)/t13-/m0/s1. The highest BCUT2D eigenvalue weighted by atomic mass is 32.1. The Hall–Kier alpha value is -2.41. The van der Waals surface area contributed by atoms with Gasteiger partial charge in [-0.1, -0.05) is 12.1 Å². The molecule has 1 aromatic heterocycles. The number of aromatic nitrogens is 1. The van der Waals surface area contributed by atoms with Gasteiger partial charge >= 0.3 is 0 Å². The molecule has 0 saturated heterocycles. The van der Waals surface area contributed by atoms with Crippen molar-refractivity contribution < 1.29 is 14.3 Å². The Morgan fingerprint density at radius 1 is 1.32 bits per heavy atom. The van der Waals surface area contributed by atoms with Crippen LogP contribution in [0.25, 0.3) is 0 Å². The Labute approximate surface area is 132 Å². The minimum Gasteiger partial charge on any atom is -0.497 e. The number of carbonyl (C=O) groups excluding carboxylic acids is 2. The Kier molecular flexibility index (Phi) is 5.48. The number of ether oxygens (including phenoxy) is 1. The van der Waals surface area contributed by atoms with Crippen molar-refractivity contribution in [3.8, 4) is 5.75 Å². The van der Waals surface area contributed by atoms with Crippen LogP contribution in [0.15, 0.2) is 35.8 Å². The fraction of sp³-hybridized carbons (Fsp3) is 0.267. The van der Waals surface area contributed by atoms with E-state index in [1.165, 1.54) is 18.3 Å². The second-order valence-electron chi connectivity index (χ2n) is 4.62. The Morgan fingerprint density at radius 3 is 2.59 bits per heavy atom. The maximum atomic E-state index is 12.1. The first-order valence-electron chi connectivity index (χ1n) is 6.69. The lowest BCUT2D eigenvalue weighted by Gasteiger charge is -2.18. The van der Waals surface area contributed by atoms with Crippen molar-refractivity contribution in [2.75, 3.05) is 12.4 Å². The van der Waals surface area contributed by atoms with Crippen LogP contribution < -0.4 is 15.4 Å². The van der Waals surface area contributed by atoms with E-state index in [1.807, 2.05) is 12.1 Å². The van der Waals surface area contributed by atoms with Crippen molar-refractivity contribution >= 4 is 28.3 Å². The minimum absolute atomic E-state index is 0.130. The highest BCUT2D eigenvalue weighted by Crippen LogP contribution is 2.21. The van der Waals surface area contributed by atoms with E-state index in [0.717, 1.165) is 11.3 Å². The van der Waals surface area contributed by atoms with Gasteiger partial charge in [0.15, 0.2) is 5.13 Å². The number of rotatable bonds is 6. The first-order valence-corrected chi connectivity index (χ1v) is 7.57. The zero-order valence-corrected chi connectivity index (χ0v) is 13.1. The van der Waals surface area contributed by atoms with Gasteiger partial charge < -0.3 is 15.4 Å². The number of methoxy groups -OCH3 is 1. The Morgan fingerprint density at radius 2 is 2.05 bits per heavy atom. The topological polar surface area (TPSA) is 80.3 Å². The van der Waals surface area contributed by atoms with Crippen LogP contribution in [0.3, 0.4) is 0 Å². The van der Waals surface area contributed by atoms with Crippen molar-refractivity contribution in [3.63, 3.8) is 0 Å². The number of thiazole rings is 1. The zero-order valence-electron chi connectivity index (χ0n) is 12.3. The third kappa shape index (κ3) is 4.56. The van der Waals surface area contributed by atoms with Gasteiger partial charge in [0.1, 0.15) is 5.75 Å². The molecule has 0 fully saturated rings. The Bertz CT molecular complexity index is 626. The van der Waals surface area contributed by atoms with Gasteiger partial charge in [-0.3, -0.25) is 9.59 Å². The lowest BCUT2D eigenvalue weighted by atomic mass is 10.0. The normalized spacial score (nSPS) is 11.5. The fourth-order valence-electron chi connectivity index (χ4n) is 1.97. The minimum atomic E-state index is -0.400. The van der Waals surface area contributed by atoms with Gasteiger partial charge in [0.25, 0.3) is 0 Å². The van der Waals surface area contributed by atoms with E-state index in [-0.39, 0.29) is 18.2 Å². The van der Waals surface area contributed by atoms with E-state index in [1.54, 1.807) is 30.8 Å². The van der Waals surface area contributed by atoms with Crippen LogP contribution in [-0.2, 0) is 9.59 Å². The van der Waals surface area contributed by atoms with E-state index in [2.05, 4.69) is 15.6 Å². The van der Waals surface area contributed by atoms with Crippen molar-refractivity contribution in [2.45, 2.75) is 19.4 Å². The summed E-state index contributed by atoms with van der Waals surface area (Å²) in [5.41, 5.74) is 0.838. The number of carbonyl (C=O) groups is 2. The predicted molar refractivity (Wildman–Crippen MR) is 84.9 cm³/mol. The SMILES string of the molecule is COc1ccc([C@H](CC(=O)Nc2nccs2)NC(C)=O)cc1. The number of nitrogens with zero attached hydrogens (tertiary/aromatic N) is 1. The van der Waals surface area contributed by atoms with Gasteiger partial charge in [-0.25, -0.2) is 4.98 Å². The number of anilines is 1. The first kappa shape index (κ1) is 16.0. The molecule has 22 heavy (non-hydrogen) atoms. The number of hydrogen-bond acceptors (Lipinski definition) is 5. The molecule has 1 heterocycles. The van der Waals surface area contributed by atoms with E-state index < -0.39 is 6.04 Å². The molecule has 7 heteroatoms. The first-order chi connectivity index (χ1) is 10.6. The van der Waals surface area contributed by atoms with E-state index in [9.17, 15) is 9.59 Å². The van der Waals surface area contributed by atoms with E-state index in [0.29, 0.717) is 5.13 Å². The van der Waals surface area contributed by atoms with Crippen LogP contribution in [-0.4, -0.2) is 23.9 Å². The lowest BCUT2D eigenvalue weighted by molar-refractivity contribution is -0.120. The van der Waals surface area contributed by atoms with Gasteiger partial charge in [-0.15, -0.1) is 11.3 Å². The number of nitrogens with one attached hydrogen (secondary N) is 2. The molecule has 0 saturated carbocycles. The second-order valence-corrected chi connectivity index (χ2v) is 5.51. The molecule has 0 spiro atoms. The third-order valence-electron chi connectivity index (χ3n) is 2.96. The summed E-state index contributed by atoms with van der Waals surface area (Å²) in [7, 11) is 1.59.